The second-order valence-corrected chi connectivity index (χ2v) is 5.87. The van der Waals surface area contributed by atoms with Crippen molar-refractivity contribution in [2.24, 2.45) is 0 Å². The van der Waals surface area contributed by atoms with Gasteiger partial charge in [-0.1, -0.05) is 13.3 Å². The van der Waals surface area contributed by atoms with Crippen LogP contribution in [0.5, 0.6) is 0 Å². The Hall–Kier alpha value is -1.35. The van der Waals surface area contributed by atoms with Crippen LogP contribution in [-0.4, -0.2) is 29.0 Å². The molecule has 0 atom stereocenters. The second-order valence-electron chi connectivity index (χ2n) is 5.87. The van der Waals surface area contributed by atoms with Crippen LogP contribution in [0.4, 0.5) is 4.39 Å². The molecule has 3 rings (SSSR count). The molecule has 2 nitrogen and oxygen atoms in total. The van der Waals surface area contributed by atoms with E-state index in [1.807, 2.05) is 12.3 Å². The van der Waals surface area contributed by atoms with E-state index in [1.54, 1.807) is 6.07 Å². The van der Waals surface area contributed by atoms with Crippen LogP contribution < -0.4 is 0 Å². The molecule has 0 saturated heterocycles. The summed E-state index contributed by atoms with van der Waals surface area (Å²) in [5.74, 6) is -0.150. The number of hydrogen-bond donors (Lipinski definition) is 1. The number of nitrogens with one attached hydrogen (secondary N) is 1. The number of benzene rings is 1. The predicted molar refractivity (Wildman–Crippen MR) is 81.5 cm³/mol. The van der Waals surface area contributed by atoms with Crippen LogP contribution in [0, 0.1) is 5.82 Å². The van der Waals surface area contributed by atoms with Crippen LogP contribution in [0.25, 0.3) is 10.9 Å². The fourth-order valence-corrected chi connectivity index (χ4v) is 3.14. The van der Waals surface area contributed by atoms with Gasteiger partial charge in [0.15, 0.2) is 0 Å². The normalized spacial score (nSPS) is 15.9. The van der Waals surface area contributed by atoms with Gasteiger partial charge in [0, 0.05) is 29.7 Å². The van der Waals surface area contributed by atoms with E-state index >= 15 is 0 Å². The summed E-state index contributed by atoms with van der Waals surface area (Å²) < 4.78 is 13.4. The van der Waals surface area contributed by atoms with E-state index in [1.165, 1.54) is 43.9 Å². The van der Waals surface area contributed by atoms with Gasteiger partial charge in [0.2, 0.25) is 0 Å². The lowest BCUT2D eigenvalue weighted by Gasteiger charge is -2.37. The number of aromatic nitrogens is 1. The van der Waals surface area contributed by atoms with Gasteiger partial charge in [-0.3, -0.25) is 0 Å². The number of hydrogen-bond acceptors (Lipinski definition) is 1. The number of H-pyrrole nitrogens is 1. The minimum absolute atomic E-state index is 0.150. The molecule has 3 heteroatoms. The Morgan fingerprint density at radius 3 is 2.85 bits per heavy atom. The van der Waals surface area contributed by atoms with Crippen molar-refractivity contribution < 1.29 is 4.39 Å². The first-order valence-corrected chi connectivity index (χ1v) is 7.77. The van der Waals surface area contributed by atoms with Gasteiger partial charge in [-0.05, 0) is 56.0 Å². The molecular formula is C17H23FN2. The van der Waals surface area contributed by atoms with E-state index in [2.05, 4.69) is 16.8 Å². The average molecular weight is 274 g/mol. The largest absolute Gasteiger partial charge is 0.361 e. The molecule has 0 bridgehead atoms. The summed E-state index contributed by atoms with van der Waals surface area (Å²) in [4.78, 5) is 5.86. The van der Waals surface area contributed by atoms with Crippen LogP contribution >= 0.6 is 0 Å². The van der Waals surface area contributed by atoms with Crippen LogP contribution in [0.2, 0.25) is 0 Å². The number of rotatable bonds is 6. The smallest absolute Gasteiger partial charge is 0.123 e. The third-order valence-electron chi connectivity index (χ3n) is 4.50. The summed E-state index contributed by atoms with van der Waals surface area (Å²) in [5, 5.41) is 1.04. The van der Waals surface area contributed by atoms with Gasteiger partial charge < -0.3 is 9.88 Å². The Morgan fingerprint density at radius 1 is 1.30 bits per heavy atom. The summed E-state index contributed by atoms with van der Waals surface area (Å²) in [6.45, 7) is 4.51. The molecular weight excluding hydrogens is 251 g/mol. The number of fused-ring (bicyclic) bond motifs is 1. The minimum atomic E-state index is -0.150. The molecule has 0 radical (unpaired) electrons. The van der Waals surface area contributed by atoms with E-state index in [9.17, 15) is 4.39 Å². The topological polar surface area (TPSA) is 19.0 Å². The Labute approximate surface area is 120 Å². The monoisotopic (exact) mass is 274 g/mol. The van der Waals surface area contributed by atoms with Crippen molar-refractivity contribution in [1.29, 1.82) is 0 Å². The Kier molecular flexibility index (Phi) is 4.06. The molecule has 0 amide bonds. The van der Waals surface area contributed by atoms with Crippen LogP contribution in [0.1, 0.15) is 38.2 Å². The van der Waals surface area contributed by atoms with E-state index < -0.39 is 0 Å². The van der Waals surface area contributed by atoms with Crippen molar-refractivity contribution in [2.75, 3.05) is 13.1 Å². The summed E-state index contributed by atoms with van der Waals surface area (Å²) in [7, 11) is 0. The molecule has 1 fully saturated rings. The number of nitrogens with zero attached hydrogens (tertiary/aromatic N) is 1. The molecule has 20 heavy (non-hydrogen) atoms. The molecule has 0 unspecified atom stereocenters. The van der Waals surface area contributed by atoms with Gasteiger partial charge in [0.25, 0.3) is 0 Å². The number of halogens is 1. The summed E-state index contributed by atoms with van der Waals surface area (Å²) in [5.41, 5.74) is 2.27. The standard InChI is InChI=1S/C17H23FN2/c1-2-9-20(15-4-3-5-15)10-8-13-12-19-17-7-6-14(18)11-16(13)17/h6-7,11-12,15,19H,2-5,8-10H2,1H3. The summed E-state index contributed by atoms with van der Waals surface area (Å²) >= 11 is 0. The van der Waals surface area contributed by atoms with Gasteiger partial charge in [-0.2, -0.15) is 0 Å². The van der Waals surface area contributed by atoms with E-state index in [-0.39, 0.29) is 5.82 Å². The van der Waals surface area contributed by atoms with Crippen LogP contribution in [-0.2, 0) is 6.42 Å². The minimum Gasteiger partial charge on any atom is -0.361 e. The summed E-state index contributed by atoms with van der Waals surface area (Å²) in [6.07, 6.45) is 8.32. The second kappa shape index (κ2) is 5.96. The maximum atomic E-state index is 13.4. The maximum absolute atomic E-state index is 13.4. The van der Waals surface area contributed by atoms with Gasteiger partial charge in [0.1, 0.15) is 5.82 Å². The quantitative estimate of drug-likeness (QED) is 0.839. The molecule has 1 aliphatic rings. The molecule has 108 valence electrons. The first kappa shape index (κ1) is 13.6. The van der Waals surface area contributed by atoms with Crippen LogP contribution in [0.15, 0.2) is 24.4 Å². The number of aromatic amines is 1. The third-order valence-corrected chi connectivity index (χ3v) is 4.50. The zero-order chi connectivity index (χ0) is 13.9. The maximum Gasteiger partial charge on any atom is 0.123 e. The molecule has 0 aliphatic heterocycles. The molecule has 1 saturated carbocycles. The van der Waals surface area contributed by atoms with Gasteiger partial charge >= 0.3 is 0 Å². The first-order chi connectivity index (χ1) is 9.78. The highest BCUT2D eigenvalue weighted by molar-refractivity contribution is 5.83. The highest BCUT2D eigenvalue weighted by Crippen LogP contribution is 2.26. The van der Waals surface area contributed by atoms with Crippen LogP contribution in [0.3, 0.4) is 0 Å². The predicted octanol–water partition coefficient (Wildman–Crippen LogP) is 4.11. The zero-order valence-corrected chi connectivity index (χ0v) is 12.2. The Balaban J connectivity index is 1.70. The van der Waals surface area contributed by atoms with Crippen molar-refractivity contribution in [1.82, 2.24) is 9.88 Å². The van der Waals surface area contributed by atoms with Gasteiger partial charge in [0.05, 0.1) is 0 Å². The van der Waals surface area contributed by atoms with Crippen molar-refractivity contribution in [2.45, 2.75) is 45.1 Å². The fraction of sp³-hybridized carbons (Fsp3) is 0.529. The SMILES string of the molecule is CCCN(CCc1c[nH]c2ccc(F)cc12)C1CCC1. The van der Waals surface area contributed by atoms with Crippen molar-refractivity contribution >= 4 is 10.9 Å². The molecule has 0 spiro atoms. The first-order valence-electron chi connectivity index (χ1n) is 7.77. The van der Waals surface area contributed by atoms with E-state index in [0.29, 0.717) is 0 Å². The molecule has 1 aromatic carbocycles. The fourth-order valence-electron chi connectivity index (χ4n) is 3.14. The lowest BCUT2D eigenvalue weighted by molar-refractivity contribution is 0.129. The molecule has 1 aliphatic carbocycles. The summed E-state index contributed by atoms with van der Waals surface area (Å²) in [6, 6.07) is 5.77. The Morgan fingerprint density at radius 2 is 2.15 bits per heavy atom. The van der Waals surface area contributed by atoms with Crippen molar-refractivity contribution in [3.63, 3.8) is 0 Å². The zero-order valence-electron chi connectivity index (χ0n) is 12.2. The lowest BCUT2D eigenvalue weighted by Crippen LogP contribution is -2.41. The highest BCUT2D eigenvalue weighted by atomic mass is 19.1. The highest BCUT2D eigenvalue weighted by Gasteiger charge is 2.24. The average Bonchev–Trinajstić information content (AvgIpc) is 2.76. The molecule has 1 aromatic heterocycles. The molecule has 1 N–H and O–H groups in total. The van der Waals surface area contributed by atoms with Crippen molar-refractivity contribution in [3.8, 4) is 0 Å². The lowest BCUT2D eigenvalue weighted by atomic mass is 9.91. The van der Waals surface area contributed by atoms with Crippen molar-refractivity contribution in [3.05, 3.63) is 35.8 Å². The van der Waals surface area contributed by atoms with Gasteiger partial charge in [-0.15, -0.1) is 0 Å². The van der Waals surface area contributed by atoms with Gasteiger partial charge in [-0.25, -0.2) is 4.39 Å². The molecule has 2 aromatic rings. The molecule has 1 heterocycles. The Bertz CT molecular complexity index is 571. The van der Waals surface area contributed by atoms with E-state index in [0.717, 1.165) is 29.9 Å². The third kappa shape index (κ3) is 2.73. The van der Waals surface area contributed by atoms with E-state index in [4.69, 9.17) is 0 Å².